The van der Waals surface area contributed by atoms with Crippen molar-refractivity contribution in [2.75, 3.05) is 0 Å². The molecule has 2 unspecified atom stereocenters. The Balaban J connectivity index is 1.30. The predicted octanol–water partition coefficient (Wildman–Crippen LogP) is 24.4. The van der Waals surface area contributed by atoms with Gasteiger partial charge >= 0.3 is 0 Å². The number of rotatable bonds is 40. The molecule has 9 heteroatoms. The van der Waals surface area contributed by atoms with Gasteiger partial charge in [0.25, 0.3) is 0 Å². The topological polar surface area (TPSA) is 25.8 Å². The molecule has 0 radical (unpaired) electrons. The molecule has 5 aromatic heterocycles. The first-order valence-electron chi connectivity index (χ1n) is 29.8. The average molecular weight is 1090 g/mol. The number of aromatic nitrogens is 2. The molecule has 6 rings (SSSR count). The number of thiophene rings is 4. The van der Waals surface area contributed by atoms with Crippen molar-refractivity contribution < 1.29 is 8.78 Å². The molecule has 73 heavy (non-hydrogen) atoms. The Kier molecular flexibility index (Phi) is 27.7. The van der Waals surface area contributed by atoms with Crippen molar-refractivity contribution in [3.8, 4) is 40.4 Å². The number of unbranched alkanes of at least 4 members (excludes halogenated alkanes) is 24. The predicted molar refractivity (Wildman–Crippen MR) is 325 cm³/mol. The van der Waals surface area contributed by atoms with Crippen LogP contribution in [0.2, 0.25) is 0 Å². The van der Waals surface area contributed by atoms with Crippen LogP contribution in [0.5, 0.6) is 0 Å². The maximum Gasteiger partial charge on any atom is 0.170 e. The summed E-state index contributed by atoms with van der Waals surface area (Å²) >= 11 is 7.95. The minimum atomic E-state index is -0.793. The van der Waals surface area contributed by atoms with Crippen LogP contribution in [0.25, 0.3) is 51.4 Å². The average Bonchev–Trinajstić information content (AvgIpc) is 4.26. The maximum atomic E-state index is 17.4. The molecule has 0 saturated carbocycles. The van der Waals surface area contributed by atoms with Gasteiger partial charge in [0, 0.05) is 39.0 Å². The highest BCUT2D eigenvalue weighted by Gasteiger charge is 2.30. The maximum absolute atomic E-state index is 17.4. The van der Waals surface area contributed by atoms with Crippen molar-refractivity contribution in [2.24, 2.45) is 11.8 Å². The third-order valence-corrected chi connectivity index (χ3v) is 20.8. The molecule has 404 valence electrons. The van der Waals surface area contributed by atoms with Gasteiger partial charge < -0.3 is 0 Å². The minimum absolute atomic E-state index is 0.279. The Morgan fingerprint density at radius 1 is 0.384 bits per heavy atom. The van der Waals surface area contributed by atoms with Crippen LogP contribution in [-0.2, 0) is 12.8 Å². The molecule has 2 atom stereocenters. The molecule has 0 aliphatic rings. The van der Waals surface area contributed by atoms with Gasteiger partial charge in [-0.15, -0.1) is 45.3 Å². The molecule has 5 heterocycles. The fourth-order valence-electron chi connectivity index (χ4n) is 11.2. The van der Waals surface area contributed by atoms with Gasteiger partial charge in [-0.2, -0.15) is 8.75 Å². The van der Waals surface area contributed by atoms with Gasteiger partial charge in [0.15, 0.2) is 11.6 Å². The highest BCUT2D eigenvalue weighted by Crippen LogP contribution is 2.50. The molecular weight excluding hydrogens is 995 g/mol. The number of aryl methyl sites for hydroxylation is 2. The molecule has 0 saturated heterocycles. The number of nitrogens with zero attached hydrogens (tertiary/aromatic N) is 2. The van der Waals surface area contributed by atoms with Crippen molar-refractivity contribution in [3.63, 3.8) is 0 Å². The van der Waals surface area contributed by atoms with Gasteiger partial charge in [-0.05, 0) is 86.1 Å². The van der Waals surface area contributed by atoms with Crippen LogP contribution in [0.4, 0.5) is 8.78 Å². The summed E-state index contributed by atoms with van der Waals surface area (Å²) in [5.41, 5.74) is 4.09. The fraction of sp³-hybridized carbons (Fsp3) is 0.656. The van der Waals surface area contributed by atoms with Gasteiger partial charge in [0.2, 0.25) is 0 Å². The van der Waals surface area contributed by atoms with E-state index in [1.165, 1.54) is 246 Å². The van der Waals surface area contributed by atoms with E-state index >= 15 is 8.78 Å². The summed E-state index contributed by atoms with van der Waals surface area (Å²) in [6, 6.07) is 13.3. The zero-order valence-corrected chi connectivity index (χ0v) is 50.4. The molecule has 0 bridgehead atoms. The van der Waals surface area contributed by atoms with Crippen LogP contribution in [0.15, 0.2) is 36.4 Å². The zero-order valence-electron chi connectivity index (χ0n) is 46.4. The van der Waals surface area contributed by atoms with E-state index in [1.807, 2.05) is 22.7 Å². The molecule has 0 aliphatic carbocycles. The van der Waals surface area contributed by atoms with Crippen LogP contribution in [0, 0.1) is 37.3 Å². The van der Waals surface area contributed by atoms with Crippen LogP contribution in [-0.4, -0.2) is 8.75 Å². The second kappa shape index (κ2) is 33.8. The van der Waals surface area contributed by atoms with Crippen LogP contribution >= 0.6 is 57.1 Å². The normalized spacial score (nSPS) is 12.8. The van der Waals surface area contributed by atoms with Gasteiger partial charge in [0.05, 0.1) is 22.9 Å². The summed E-state index contributed by atoms with van der Waals surface area (Å²) in [4.78, 5) is 8.92. The molecule has 2 nitrogen and oxygen atoms in total. The van der Waals surface area contributed by atoms with E-state index in [0.717, 1.165) is 34.3 Å². The third kappa shape index (κ3) is 19.0. The molecule has 0 fully saturated rings. The Bertz CT molecular complexity index is 2270. The monoisotopic (exact) mass is 1090 g/mol. The number of hydrogen-bond donors (Lipinski definition) is 0. The van der Waals surface area contributed by atoms with Crippen molar-refractivity contribution in [3.05, 3.63) is 68.9 Å². The van der Waals surface area contributed by atoms with E-state index in [9.17, 15) is 0 Å². The van der Waals surface area contributed by atoms with Crippen LogP contribution in [0.1, 0.15) is 254 Å². The lowest BCUT2D eigenvalue weighted by Crippen LogP contribution is -2.05. The van der Waals surface area contributed by atoms with Crippen molar-refractivity contribution in [1.29, 1.82) is 0 Å². The molecular formula is C64H94F2N2S5. The standard InChI is InChI=1S/C64H94F2N2S5/c1-7-11-15-19-23-25-29-33-37-49(35-31-27-21-17-13-9-3)43-51-45-55(71-63(51)53-41-39-47(5)69-53)57-59(65)60(66)58(62-61(57)67-73-68-62)56-46-52(64(72-56)54-42-40-48(6)70-54)44-50(36-32-28-22-18-14-10-4)38-34-30-26-24-20-16-12-8-2/h39-42,45-46,49-50H,7-38,43-44H2,1-6H3. The summed E-state index contributed by atoms with van der Waals surface area (Å²) in [6.07, 6.45) is 43.7. The summed E-state index contributed by atoms with van der Waals surface area (Å²) in [5.74, 6) is -0.450. The van der Waals surface area contributed by atoms with E-state index < -0.39 is 11.6 Å². The van der Waals surface area contributed by atoms with E-state index in [0.29, 0.717) is 22.9 Å². The number of halogens is 2. The highest BCUT2D eigenvalue weighted by atomic mass is 32.1. The smallest absolute Gasteiger partial charge is 0.170 e. The van der Waals surface area contributed by atoms with Crippen LogP contribution in [0.3, 0.4) is 0 Å². The molecule has 0 amide bonds. The summed E-state index contributed by atoms with van der Waals surface area (Å²) in [7, 11) is 0. The lowest BCUT2D eigenvalue weighted by molar-refractivity contribution is 0.401. The first-order chi connectivity index (χ1) is 35.8. The first kappa shape index (κ1) is 59.9. The molecule has 1 aromatic carbocycles. The number of hydrogen-bond acceptors (Lipinski definition) is 7. The molecule has 0 aliphatic heterocycles. The van der Waals surface area contributed by atoms with Gasteiger partial charge in [-0.1, -0.05) is 233 Å². The molecule has 0 N–H and O–H groups in total. The van der Waals surface area contributed by atoms with E-state index in [4.69, 9.17) is 8.75 Å². The highest BCUT2D eigenvalue weighted by molar-refractivity contribution is 7.24. The third-order valence-electron chi connectivity index (χ3n) is 15.5. The summed E-state index contributed by atoms with van der Waals surface area (Å²) in [5, 5.41) is 0. The Morgan fingerprint density at radius 2 is 0.685 bits per heavy atom. The number of fused-ring (bicyclic) bond motifs is 1. The van der Waals surface area contributed by atoms with E-state index in [2.05, 4.69) is 77.9 Å². The largest absolute Gasteiger partial charge is 0.203 e. The van der Waals surface area contributed by atoms with Gasteiger partial charge in [-0.25, -0.2) is 8.78 Å². The van der Waals surface area contributed by atoms with Crippen molar-refractivity contribution in [1.82, 2.24) is 8.75 Å². The Morgan fingerprint density at radius 3 is 0.973 bits per heavy atom. The van der Waals surface area contributed by atoms with Gasteiger partial charge in [-0.3, -0.25) is 0 Å². The van der Waals surface area contributed by atoms with E-state index in [1.54, 1.807) is 22.7 Å². The summed E-state index contributed by atoms with van der Waals surface area (Å²) in [6.45, 7) is 13.5. The van der Waals surface area contributed by atoms with Gasteiger partial charge in [0.1, 0.15) is 11.0 Å². The second-order valence-electron chi connectivity index (χ2n) is 21.9. The Hall–Kier alpha value is -2.30. The van der Waals surface area contributed by atoms with E-state index in [-0.39, 0.29) is 11.1 Å². The quantitative estimate of drug-likeness (QED) is 0.0358. The van der Waals surface area contributed by atoms with Crippen LogP contribution < -0.4 is 0 Å². The fourth-order valence-corrected chi connectivity index (χ4v) is 16.3. The number of benzene rings is 1. The molecule has 0 spiro atoms. The minimum Gasteiger partial charge on any atom is -0.203 e. The molecule has 6 aromatic rings. The SMILES string of the molecule is CCCCCCCCCCC(CCCCCCCC)Cc1cc(-c2c(F)c(F)c(-c3cc(CC(CCCCCCCC)CCCCCCCCCC)c(-c4ccc(C)s4)s3)c3nsnc23)sc1-c1ccc(C)s1. The zero-order chi connectivity index (χ0) is 51.6. The lowest BCUT2D eigenvalue weighted by atomic mass is 9.88. The van der Waals surface area contributed by atoms with Crippen molar-refractivity contribution in [2.45, 2.75) is 260 Å². The first-order valence-corrected chi connectivity index (χ1v) is 33.8. The Labute approximate surface area is 463 Å². The summed E-state index contributed by atoms with van der Waals surface area (Å²) < 4.78 is 44.5. The lowest BCUT2D eigenvalue weighted by Gasteiger charge is -2.17. The van der Waals surface area contributed by atoms with Crippen molar-refractivity contribution >= 4 is 68.1 Å². The second-order valence-corrected chi connectivity index (χ2v) is 27.1.